The van der Waals surface area contributed by atoms with Crippen molar-refractivity contribution in [2.24, 2.45) is 0 Å². The first kappa shape index (κ1) is 15.7. The molecular weight excluding hydrogens is 322 g/mol. The first-order chi connectivity index (χ1) is 12.3. The van der Waals surface area contributed by atoms with Crippen LogP contribution >= 0.6 is 0 Å². The highest BCUT2D eigenvalue weighted by Gasteiger charge is 2.16. The normalized spacial score (nSPS) is 17.1. The van der Waals surface area contributed by atoms with E-state index in [0.29, 0.717) is 17.5 Å². The Labute approximate surface area is 145 Å². The molecule has 4 rings (SSSR count). The Hall–Kier alpha value is -2.80. The van der Waals surface area contributed by atoms with Crippen molar-refractivity contribution in [3.8, 4) is 11.5 Å². The molecule has 0 spiro atoms. The highest BCUT2D eigenvalue weighted by atomic mass is 16.7. The lowest BCUT2D eigenvalue weighted by Gasteiger charge is -2.22. The third-order valence-corrected chi connectivity index (χ3v) is 4.26. The van der Waals surface area contributed by atoms with Crippen molar-refractivity contribution >= 4 is 17.7 Å². The minimum absolute atomic E-state index is 0.204. The van der Waals surface area contributed by atoms with Gasteiger partial charge in [0.05, 0.1) is 17.9 Å². The zero-order chi connectivity index (χ0) is 17.1. The summed E-state index contributed by atoms with van der Waals surface area (Å²) in [6, 6.07) is 5.89. The maximum absolute atomic E-state index is 12.1. The Kier molecular flexibility index (Phi) is 4.39. The monoisotopic (exact) mass is 341 g/mol. The molecule has 2 aliphatic rings. The third kappa shape index (κ3) is 3.66. The van der Waals surface area contributed by atoms with E-state index in [1.54, 1.807) is 12.3 Å². The van der Waals surface area contributed by atoms with Crippen molar-refractivity contribution in [2.45, 2.75) is 18.9 Å². The number of hydrogen-bond donors (Lipinski definition) is 1. The molecule has 130 valence electrons. The Balaban J connectivity index is 1.36. The van der Waals surface area contributed by atoms with Crippen LogP contribution in [0.15, 0.2) is 36.7 Å². The van der Waals surface area contributed by atoms with E-state index in [1.165, 1.54) is 6.08 Å². The molecule has 1 aromatic carbocycles. The largest absolute Gasteiger partial charge is 0.454 e. The molecule has 0 aliphatic carbocycles. The van der Waals surface area contributed by atoms with Crippen LogP contribution in [-0.4, -0.2) is 35.7 Å². The summed E-state index contributed by atoms with van der Waals surface area (Å²) in [6.45, 7) is 1.75. The molecule has 1 aromatic heterocycles. The number of benzene rings is 1. The first-order valence-corrected chi connectivity index (χ1v) is 8.28. The molecular formula is C18H19N3O4. The quantitative estimate of drug-likeness (QED) is 0.865. The van der Waals surface area contributed by atoms with Gasteiger partial charge in [-0.15, -0.1) is 0 Å². The maximum Gasteiger partial charge on any atom is 0.248 e. The molecule has 1 saturated heterocycles. The van der Waals surface area contributed by atoms with Gasteiger partial charge in [-0.3, -0.25) is 9.48 Å². The number of rotatable bonds is 4. The molecule has 7 heteroatoms. The molecule has 0 unspecified atom stereocenters. The van der Waals surface area contributed by atoms with Gasteiger partial charge in [0.25, 0.3) is 0 Å². The van der Waals surface area contributed by atoms with Gasteiger partial charge in [0.15, 0.2) is 11.5 Å². The predicted octanol–water partition coefficient (Wildman–Crippen LogP) is 2.62. The van der Waals surface area contributed by atoms with Crippen molar-refractivity contribution in [1.29, 1.82) is 0 Å². The van der Waals surface area contributed by atoms with E-state index in [0.717, 1.165) is 37.4 Å². The maximum atomic E-state index is 12.1. The van der Waals surface area contributed by atoms with Crippen molar-refractivity contribution < 1.29 is 19.0 Å². The van der Waals surface area contributed by atoms with Crippen LogP contribution in [0.25, 0.3) is 6.08 Å². The lowest BCUT2D eigenvalue weighted by molar-refractivity contribution is -0.111. The van der Waals surface area contributed by atoms with Crippen molar-refractivity contribution in [3.05, 3.63) is 42.2 Å². The van der Waals surface area contributed by atoms with E-state index in [9.17, 15) is 4.79 Å². The van der Waals surface area contributed by atoms with E-state index >= 15 is 0 Å². The van der Waals surface area contributed by atoms with Crippen LogP contribution in [0.1, 0.15) is 24.4 Å². The van der Waals surface area contributed by atoms with Gasteiger partial charge in [-0.1, -0.05) is 6.07 Å². The smallest absolute Gasteiger partial charge is 0.248 e. The molecule has 0 atom stereocenters. The predicted molar refractivity (Wildman–Crippen MR) is 91.5 cm³/mol. The van der Waals surface area contributed by atoms with Gasteiger partial charge in [-0.2, -0.15) is 5.10 Å². The van der Waals surface area contributed by atoms with E-state index in [4.69, 9.17) is 14.2 Å². The Morgan fingerprint density at radius 1 is 1.24 bits per heavy atom. The highest BCUT2D eigenvalue weighted by molar-refractivity contribution is 6.01. The number of ether oxygens (including phenoxy) is 3. The highest BCUT2D eigenvalue weighted by Crippen LogP contribution is 2.32. The Bertz CT molecular complexity index is 793. The summed E-state index contributed by atoms with van der Waals surface area (Å²) in [4.78, 5) is 12.1. The standard InChI is InChI=1S/C18H19N3O4/c22-18(4-2-13-1-3-16-17(9-13)25-12-24-16)20-14-10-19-21(11-14)15-5-7-23-8-6-15/h1-4,9-11,15H,5-8,12H2,(H,20,22)/b4-2+. The van der Waals surface area contributed by atoms with E-state index in [1.807, 2.05) is 29.1 Å². The third-order valence-electron chi connectivity index (χ3n) is 4.26. The number of nitrogens with one attached hydrogen (secondary N) is 1. The van der Waals surface area contributed by atoms with Crippen LogP contribution in [0, 0.1) is 0 Å². The molecule has 0 radical (unpaired) electrons. The minimum Gasteiger partial charge on any atom is -0.454 e. The number of hydrogen-bond acceptors (Lipinski definition) is 5. The second-order valence-electron chi connectivity index (χ2n) is 5.99. The summed E-state index contributed by atoms with van der Waals surface area (Å²) >= 11 is 0. The number of anilines is 1. The number of fused-ring (bicyclic) bond motifs is 1. The fraction of sp³-hybridized carbons (Fsp3) is 0.333. The fourth-order valence-corrected chi connectivity index (χ4v) is 2.92. The molecule has 0 saturated carbocycles. The van der Waals surface area contributed by atoms with Crippen molar-refractivity contribution in [3.63, 3.8) is 0 Å². The molecule has 1 amide bonds. The van der Waals surface area contributed by atoms with Gasteiger partial charge >= 0.3 is 0 Å². The lowest BCUT2D eigenvalue weighted by Crippen LogP contribution is -2.19. The second kappa shape index (κ2) is 6.98. The molecule has 0 bridgehead atoms. The lowest BCUT2D eigenvalue weighted by atomic mass is 10.1. The molecule has 2 aliphatic heterocycles. The second-order valence-corrected chi connectivity index (χ2v) is 5.99. The van der Waals surface area contributed by atoms with E-state index < -0.39 is 0 Å². The number of nitrogens with zero attached hydrogens (tertiary/aromatic N) is 2. The molecule has 25 heavy (non-hydrogen) atoms. The molecule has 2 aromatic rings. The molecule has 3 heterocycles. The zero-order valence-electron chi connectivity index (χ0n) is 13.7. The van der Waals surface area contributed by atoms with Crippen LogP contribution < -0.4 is 14.8 Å². The van der Waals surface area contributed by atoms with Gasteiger partial charge in [-0.05, 0) is 36.6 Å². The molecule has 1 fully saturated rings. The summed E-state index contributed by atoms with van der Waals surface area (Å²) in [5.74, 6) is 1.21. The van der Waals surface area contributed by atoms with Gasteiger partial charge in [0.1, 0.15) is 0 Å². The van der Waals surface area contributed by atoms with E-state index in [2.05, 4.69) is 10.4 Å². The number of carbonyl (C=O) groups is 1. The van der Waals surface area contributed by atoms with Gasteiger partial charge in [0.2, 0.25) is 12.7 Å². The summed E-state index contributed by atoms with van der Waals surface area (Å²) in [5, 5.41) is 7.17. The summed E-state index contributed by atoms with van der Waals surface area (Å²) in [5.41, 5.74) is 1.56. The molecule has 7 nitrogen and oxygen atoms in total. The van der Waals surface area contributed by atoms with Crippen LogP contribution in [0.2, 0.25) is 0 Å². The summed E-state index contributed by atoms with van der Waals surface area (Å²) < 4.78 is 17.9. The van der Waals surface area contributed by atoms with Crippen LogP contribution in [0.4, 0.5) is 5.69 Å². The topological polar surface area (TPSA) is 74.6 Å². The van der Waals surface area contributed by atoms with Crippen LogP contribution in [0.5, 0.6) is 11.5 Å². The Morgan fingerprint density at radius 2 is 2.08 bits per heavy atom. The minimum atomic E-state index is -0.204. The number of amides is 1. The summed E-state index contributed by atoms with van der Waals surface area (Å²) in [6.07, 6.45) is 8.64. The zero-order valence-corrected chi connectivity index (χ0v) is 13.7. The van der Waals surface area contributed by atoms with Gasteiger partial charge in [0, 0.05) is 25.5 Å². The van der Waals surface area contributed by atoms with Crippen molar-refractivity contribution in [1.82, 2.24) is 9.78 Å². The average Bonchev–Trinajstić information content (AvgIpc) is 3.29. The Morgan fingerprint density at radius 3 is 2.96 bits per heavy atom. The van der Waals surface area contributed by atoms with Gasteiger partial charge < -0.3 is 19.5 Å². The van der Waals surface area contributed by atoms with Crippen LogP contribution in [-0.2, 0) is 9.53 Å². The van der Waals surface area contributed by atoms with Gasteiger partial charge in [-0.25, -0.2) is 0 Å². The SMILES string of the molecule is O=C(/C=C/c1ccc2c(c1)OCO2)Nc1cnn(C2CCOCC2)c1. The van der Waals surface area contributed by atoms with Crippen molar-refractivity contribution in [2.75, 3.05) is 25.3 Å². The number of carbonyl (C=O) groups excluding carboxylic acids is 1. The summed E-state index contributed by atoms with van der Waals surface area (Å²) in [7, 11) is 0. The van der Waals surface area contributed by atoms with E-state index in [-0.39, 0.29) is 12.7 Å². The first-order valence-electron chi connectivity index (χ1n) is 8.28. The average molecular weight is 341 g/mol. The number of aromatic nitrogens is 2. The molecule has 1 N–H and O–H groups in total. The van der Waals surface area contributed by atoms with Crippen LogP contribution in [0.3, 0.4) is 0 Å². The fourth-order valence-electron chi connectivity index (χ4n) is 2.92.